The summed E-state index contributed by atoms with van der Waals surface area (Å²) >= 11 is 0. The lowest BCUT2D eigenvalue weighted by atomic mass is 9.75. The van der Waals surface area contributed by atoms with Crippen molar-refractivity contribution in [2.24, 2.45) is 0 Å². The number of carbonyl (C=O) groups is 2. The van der Waals surface area contributed by atoms with Gasteiger partial charge in [0.15, 0.2) is 17.3 Å². The zero-order chi connectivity index (χ0) is 21.8. The zero-order valence-electron chi connectivity index (χ0n) is 17.8. The molecule has 1 heterocycles. The van der Waals surface area contributed by atoms with Gasteiger partial charge >= 0.3 is 5.97 Å². The number of dihydropyridines is 1. The lowest BCUT2D eigenvalue weighted by Crippen LogP contribution is -2.34. The van der Waals surface area contributed by atoms with Gasteiger partial charge in [0.25, 0.3) is 0 Å². The summed E-state index contributed by atoms with van der Waals surface area (Å²) in [4.78, 5) is 25.9. The van der Waals surface area contributed by atoms with Gasteiger partial charge in [-0.2, -0.15) is 0 Å². The minimum absolute atomic E-state index is 0.0176. The van der Waals surface area contributed by atoms with Crippen LogP contribution >= 0.6 is 0 Å². The third kappa shape index (κ3) is 3.79. The topological polar surface area (TPSA) is 83.1 Å². The standard InChI is InChI=1S/C23H27NO6/c1-6-10-30-23(26)19-13(2)24-15-8-7-9-16(25)21(15)20(19)14-11-17(27-3)22(29-5)18(12-14)28-4/h6,11-12,20,24H,1,7-10H2,2-5H3/t20-/m0/s1. The first-order valence-electron chi connectivity index (χ1n) is 9.78. The van der Waals surface area contributed by atoms with Gasteiger partial charge in [0.2, 0.25) is 5.75 Å². The summed E-state index contributed by atoms with van der Waals surface area (Å²) in [6.45, 7) is 5.50. The number of Topliss-reactive ketones (excluding diaryl/α,β-unsaturated/α-hetero) is 1. The molecule has 1 aromatic carbocycles. The molecule has 0 fully saturated rings. The number of carbonyl (C=O) groups excluding carboxylic acids is 2. The number of allylic oxidation sites excluding steroid dienone is 3. The minimum Gasteiger partial charge on any atom is -0.493 e. The van der Waals surface area contributed by atoms with E-state index in [9.17, 15) is 9.59 Å². The highest BCUT2D eigenvalue weighted by molar-refractivity contribution is 6.03. The Hall–Kier alpha value is -3.22. The molecule has 1 aliphatic carbocycles. The molecule has 160 valence electrons. The SMILES string of the molecule is C=CCOC(=O)C1=C(C)NC2=C(C(=O)CCC2)[C@H]1c1cc(OC)c(OC)c(OC)c1. The van der Waals surface area contributed by atoms with Gasteiger partial charge in [0, 0.05) is 29.3 Å². The molecule has 0 aromatic heterocycles. The molecular formula is C23H27NO6. The summed E-state index contributed by atoms with van der Waals surface area (Å²) in [7, 11) is 4.58. The van der Waals surface area contributed by atoms with Gasteiger partial charge in [-0.1, -0.05) is 12.7 Å². The second-order valence-corrected chi connectivity index (χ2v) is 7.11. The van der Waals surface area contributed by atoms with E-state index >= 15 is 0 Å². The van der Waals surface area contributed by atoms with Crippen molar-refractivity contribution in [2.45, 2.75) is 32.1 Å². The van der Waals surface area contributed by atoms with Crippen LogP contribution in [-0.4, -0.2) is 39.7 Å². The highest BCUT2D eigenvalue weighted by atomic mass is 16.5. The fraction of sp³-hybridized carbons (Fsp3) is 0.391. The normalized spacial score (nSPS) is 18.4. The quantitative estimate of drug-likeness (QED) is 0.542. The molecule has 0 unspecified atom stereocenters. The van der Waals surface area contributed by atoms with Crippen molar-refractivity contribution in [3.05, 3.63) is 52.9 Å². The molecule has 7 nitrogen and oxygen atoms in total. The molecule has 1 N–H and O–H groups in total. The van der Waals surface area contributed by atoms with Gasteiger partial charge in [0.1, 0.15) is 6.61 Å². The Bertz CT molecular complexity index is 918. The van der Waals surface area contributed by atoms with Gasteiger partial charge in [-0.15, -0.1) is 0 Å². The minimum atomic E-state index is -0.597. The highest BCUT2D eigenvalue weighted by Gasteiger charge is 2.39. The molecule has 3 rings (SSSR count). The highest BCUT2D eigenvalue weighted by Crippen LogP contribution is 2.47. The van der Waals surface area contributed by atoms with Gasteiger partial charge < -0.3 is 24.3 Å². The molecule has 7 heteroatoms. The Labute approximate surface area is 176 Å². The number of rotatable bonds is 7. The summed E-state index contributed by atoms with van der Waals surface area (Å²) in [6, 6.07) is 3.55. The molecular weight excluding hydrogens is 386 g/mol. The molecule has 1 aliphatic heterocycles. The molecule has 2 aliphatic rings. The van der Waals surface area contributed by atoms with Gasteiger partial charge in [0.05, 0.1) is 26.9 Å². The van der Waals surface area contributed by atoms with E-state index in [-0.39, 0.29) is 12.4 Å². The van der Waals surface area contributed by atoms with E-state index in [1.165, 1.54) is 27.4 Å². The number of methoxy groups -OCH3 is 3. The van der Waals surface area contributed by atoms with E-state index in [0.717, 1.165) is 18.5 Å². The first-order valence-corrected chi connectivity index (χ1v) is 9.78. The van der Waals surface area contributed by atoms with Crippen LogP contribution in [0.5, 0.6) is 17.2 Å². The monoisotopic (exact) mass is 413 g/mol. The molecule has 0 radical (unpaired) electrons. The predicted molar refractivity (Wildman–Crippen MR) is 112 cm³/mol. The molecule has 0 spiro atoms. The smallest absolute Gasteiger partial charge is 0.337 e. The zero-order valence-corrected chi connectivity index (χ0v) is 17.8. The summed E-state index contributed by atoms with van der Waals surface area (Å²) in [5.41, 5.74) is 3.18. The summed E-state index contributed by atoms with van der Waals surface area (Å²) in [5, 5.41) is 3.26. The maximum atomic E-state index is 13.0. The summed E-state index contributed by atoms with van der Waals surface area (Å²) in [5.74, 6) is 0.269. The van der Waals surface area contributed by atoms with Crippen LogP contribution in [0.3, 0.4) is 0 Å². The molecule has 0 saturated carbocycles. The van der Waals surface area contributed by atoms with Crippen molar-refractivity contribution in [2.75, 3.05) is 27.9 Å². The van der Waals surface area contributed by atoms with Crippen LogP contribution in [0, 0.1) is 0 Å². The lowest BCUT2D eigenvalue weighted by Gasteiger charge is -2.34. The first kappa shape index (κ1) is 21.5. The van der Waals surface area contributed by atoms with Gasteiger partial charge in [-0.05, 0) is 37.5 Å². The maximum absolute atomic E-state index is 13.0. The average Bonchev–Trinajstić information content (AvgIpc) is 2.75. The summed E-state index contributed by atoms with van der Waals surface area (Å²) < 4.78 is 21.8. The molecule has 0 saturated heterocycles. The van der Waals surface area contributed by atoms with Crippen LogP contribution in [0.25, 0.3) is 0 Å². The average molecular weight is 413 g/mol. The number of esters is 1. The van der Waals surface area contributed by atoms with E-state index < -0.39 is 11.9 Å². The van der Waals surface area contributed by atoms with Crippen molar-refractivity contribution in [3.63, 3.8) is 0 Å². The Morgan fingerprint density at radius 3 is 2.40 bits per heavy atom. The number of nitrogens with one attached hydrogen (secondary N) is 1. The number of benzene rings is 1. The van der Waals surface area contributed by atoms with E-state index in [1.807, 2.05) is 6.92 Å². The first-order chi connectivity index (χ1) is 14.5. The van der Waals surface area contributed by atoms with Crippen LogP contribution in [-0.2, 0) is 14.3 Å². The van der Waals surface area contributed by atoms with E-state index in [0.29, 0.717) is 46.1 Å². The van der Waals surface area contributed by atoms with Crippen LogP contribution in [0.4, 0.5) is 0 Å². The van der Waals surface area contributed by atoms with Crippen LogP contribution in [0.2, 0.25) is 0 Å². The lowest BCUT2D eigenvalue weighted by molar-refractivity contribution is -0.138. The molecule has 0 bridgehead atoms. The van der Waals surface area contributed by atoms with Crippen LogP contribution < -0.4 is 19.5 Å². The number of hydrogen-bond acceptors (Lipinski definition) is 7. The molecule has 1 aromatic rings. The maximum Gasteiger partial charge on any atom is 0.337 e. The largest absolute Gasteiger partial charge is 0.493 e. The Kier molecular flexibility index (Phi) is 6.50. The van der Waals surface area contributed by atoms with Crippen molar-refractivity contribution in [3.8, 4) is 17.2 Å². The van der Waals surface area contributed by atoms with Crippen molar-refractivity contribution in [1.82, 2.24) is 5.32 Å². The predicted octanol–water partition coefficient (Wildman–Crippen LogP) is 3.41. The molecule has 1 atom stereocenters. The number of ketones is 1. The second kappa shape index (κ2) is 9.07. The van der Waals surface area contributed by atoms with Crippen molar-refractivity contribution < 1.29 is 28.5 Å². The van der Waals surface area contributed by atoms with Gasteiger partial charge in [-0.25, -0.2) is 4.79 Å². The van der Waals surface area contributed by atoms with Crippen molar-refractivity contribution in [1.29, 1.82) is 0 Å². The summed E-state index contributed by atoms with van der Waals surface area (Å²) in [6.07, 6.45) is 3.47. The Morgan fingerprint density at radius 2 is 1.83 bits per heavy atom. The third-order valence-electron chi connectivity index (χ3n) is 5.35. The van der Waals surface area contributed by atoms with Crippen molar-refractivity contribution >= 4 is 11.8 Å². The van der Waals surface area contributed by atoms with E-state index in [2.05, 4.69) is 11.9 Å². The molecule has 0 amide bonds. The number of ether oxygens (including phenoxy) is 4. The van der Waals surface area contributed by atoms with Gasteiger partial charge in [-0.3, -0.25) is 4.79 Å². The van der Waals surface area contributed by atoms with E-state index in [1.54, 1.807) is 12.1 Å². The fourth-order valence-corrected chi connectivity index (χ4v) is 4.07. The van der Waals surface area contributed by atoms with Crippen LogP contribution in [0.1, 0.15) is 37.7 Å². The van der Waals surface area contributed by atoms with E-state index in [4.69, 9.17) is 18.9 Å². The van der Waals surface area contributed by atoms with Crippen LogP contribution in [0.15, 0.2) is 47.3 Å². The third-order valence-corrected chi connectivity index (χ3v) is 5.35. The number of hydrogen-bond donors (Lipinski definition) is 1. The fourth-order valence-electron chi connectivity index (χ4n) is 4.07. The Morgan fingerprint density at radius 1 is 1.17 bits per heavy atom. The second-order valence-electron chi connectivity index (χ2n) is 7.11. The molecule has 30 heavy (non-hydrogen) atoms. The Balaban J connectivity index is 2.23.